The van der Waals surface area contributed by atoms with Gasteiger partial charge in [0, 0.05) is 11.8 Å². The van der Waals surface area contributed by atoms with Gasteiger partial charge in [-0.1, -0.05) is 36.0 Å². The summed E-state index contributed by atoms with van der Waals surface area (Å²) in [5, 5.41) is 14.7. The largest absolute Gasteiger partial charge is 0.507 e. The molecule has 1 heterocycles. The van der Waals surface area contributed by atoms with Gasteiger partial charge >= 0.3 is 0 Å². The van der Waals surface area contributed by atoms with Crippen LogP contribution in [-0.2, 0) is 11.2 Å². The van der Waals surface area contributed by atoms with Crippen molar-refractivity contribution in [2.75, 3.05) is 5.75 Å². The number of benzene rings is 1. The van der Waals surface area contributed by atoms with Gasteiger partial charge in [-0.05, 0) is 30.2 Å². The molecule has 0 saturated carbocycles. The maximum Gasteiger partial charge on any atom is 0.250 e. The summed E-state index contributed by atoms with van der Waals surface area (Å²) in [6, 6.07) is 10.9. The number of amides is 1. The van der Waals surface area contributed by atoms with Crippen molar-refractivity contribution >= 4 is 23.9 Å². The predicted molar refractivity (Wildman–Crippen MR) is 92.7 cm³/mol. The Balaban J connectivity index is 1.87. The van der Waals surface area contributed by atoms with Gasteiger partial charge in [-0.25, -0.2) is 10.4 Å². The van der Waals surface area contributed by atoms with Gasteiger partial charge in [0.1, 0.15) is 5.75 Å². The number of nitrogens with zero attached hydrogens (tertiary/aromatic N) is 2. The number of allylic oxidation sites excluding steroid dienone is 1. The lowest BCUT2D eigenvalue weighted by Crippen LogP contribution is -2.19. The van der Waals surface area contributed by atoms with Crippen LogP contribution in [0.1, 0.15) is 11.1 Å². The van der Waals surface area contributed by atoms with Gasteiger partial charge in [0.2, 0.25) is 5.91 Å². The normalized spacial score (nSPS) is 10.6. The highest BCUT2D eigenvalue weighted by Crippen LogP contribution is 2.21. The molecule has 0 spiro atoms. The Morgan fingerprint density at radius 3 is 2.96 bits per heavy atom. The molecule has 0 saturated heterocycles. The van der Waals surface area contributed by atoms with Crippen molar-refractivity contribution in [1.29, 1.82) is 0 Å². The number of pyridine rings is 1. The summed E-state index contributed by atoms with van der Waals surface area (Å²) in [6.07, 6.45) is 5.38. The molecule has 1 aromatic carbocycles. The molecule has 1 amide bonds. The summed E-state index contributed by atoms with van der Waals surface area (Å²) in [7, 11) is 0. The van der Waals surface area contributed by atoms with Crippen LogP contribution in [0.25, 0.3) is 0 Å². The van der Waals surface area contributed by atoms with Gasteiger partial charge in [0.25, 0.3) is 0 Å². The van der Waals surface area contributed by atoms with Crippen molar-refractivity contribution in [3.8, 4) is 5.75 Å². The summed E-state index contributed by atoms with van der Waals surface area (Å²) in [4.78, 5) is 15.8. The van der Waals surface area contributed by atoms with Crippen LogP contribution < -0.4 is 5.43 Å². The Morgan fingerprint density at radius 1 is 1.35 bits per heavy atom. The predicted octanol–water partition coefficient (Wildman–Crippen LogP) is 2.76. The van der Waals surface area contributed by atoms with Crippen LogP contribution in [0.2, 0.25) is 0 Å². The fraction of sp³-hybridized carbons (Fsp3) is 0.118. The molecule has 0 aliphatic carbocycles. The zero-order valence-corrected chi connectivity index (χ0v) is 13.3. The molecule has 5 nitrogen and oxygen atoms in total. The average Bonchev–Trinajstić information content (AvgIpc) is 2.57. The molecule has 0 aliphatic heterocycles. The fourth-order valence-electron chi connectivity index (χ4n) is 1.81. The van der Waals surface area contributed by atoms with E-state index in [0.29, 0.717) is 12.0 Å². The fourth-order valence-corrected chi connectivity index (χ4v) is 2.47. The second-order valence-corrected chi connectivity index (χ2v) is 5.59. The van der Waals surface area contributed by atoms with Crippen molar-refractivity contribution in [2.24, 2.45) is 5.10 Å². The number of hydrazone groups is 1. The first-order valence-electron chi connectivity index (χ1n) is 6.98. The molecule has 0 radical (unpaired) electrons. The molecule has 118 valence electrons. The van der Waals surface area contributed by atoms with Gasteiger partial charge < -0.3 is 5.11 Å². The number of hydrogen-bond donors (Lipinski definition) is 2. The van der Waals surface area contributed by atoms with Crippen molar-refractivity contribution in [3.05, 3.63) is 66.4 Å². The van der Waals surface area contributed by atoms with E-state index in [1.807, 2.05) is 30.3 Å². The number of hydrogen-bond acceptors (Lipinski definition) is 5. The topological polar surface area (TPSA) is 74.6 Å². The Hall–Kier alpha value is -2.60. The standard InChI is InChI=1S/C17H17N3O2S/c1-2-6-13-7-5-8-14(17(13)22)11-19-20-15(21)12-23-16-9-3-4-10-18-16/h2-5,7-11,22H,1,6,12H2,(H,20,21). The highest BCUT2D eigenvalue weighted by Gasteiger charge is 2.05. The minimum absolute atomic E-state index is 0.147. The first-order valence-corrected chi connectivity index (χ1v) is 7.96. The van der Waals surface area contributed by atoms with Crippen LogP contribution in [0, 0.1) is 0 Å². The number of nitrogens with one attached hydrogen (secondary N) is 1. The molecule has 0 bridgehead atoms. The van der Waals surface area contributed by atoms with Gasteiger partial charge in [-0.15, -0.1) is 6.58 Å². The Labute approximate surface area is 139 Å². The molecule has 0 fully saturated rings. The van der Waals surface area contributed by atoms with E-state index in [1.165, 1.54) is 18.0 Å². The zero-order valence-electron chi connectivity index (χ0n) is 12.5. The third kappa shape index (κ3) is 5.27. The Bertz CT molecular complexity index is 702. The van der Waals surface area contributed by atoms with Crippen LogP contribution in [-0.4, -0.2) is 28.0 Å². The molecule has 2 aromatic rings. The monoisotopic (exact) mass is 327 g/mol. The van der Waals surface area contributed by atoms with E-state index in [2.05, 4.69) is 22.1 Å². The number of thioether (sulfide) groups is 1. The average molecular weight is 327 g/mol. The van der Waals surface area contributed by atoms with Crippen LogP contribution in [0.3, 0.4) is 0 Å². The number of rotatable bonds is 7. The highest BCUT2D eigenvalue weighted by molar-refractivity contribution is 7.99. The molecule has 6 heteroatoms. The van der Waals surface area contributed by atoms with Gasteiger partial charge in [-0.3, -0.25) is 4.79 Å². The quantitative estimate of drug-likeness (QED) is 0.355. The highest BCUT2D eigenvalue weighted by atomic mass is 32.2. The molecule has 1 aromatic heterocycles. The number of aromatic nitrogens is 1. The van der Waals surface area contributed by atoms with E-state index >= 15 is 0 Å². The molecular formula is C17H17N3O2S. The van der Waals surface area contributed by atoms with E-state index in [-0.39, 0.29) is 17.4 Å². The molecule has 23 heavy (non-hydrogen) atoms. The number of phenolic OH excluding ortho intramolecular Hbond substituents is 1. The van der Waals surface area contributed by atoms with Crippen molar-refractivity contribution in [1.82, 2.24) is 10.4 Å². The molecule has 2 rings (SSSR count). The number of carbonyl (C=O) groups is 1. The van der Waals surface area contributed by atoms with Crippen molar-refractivity contribution in [3.63, 3.8) is 0 Å². The van der Waals surface area contributed by atoms with E-state index in [9.17, 15) is 9.90 Å². The lowest BCUT2D eigenvalue weighted by atomic mass is 10.1. The second-order valence-electron chi connectivity index (χ2n) is 4.60. The van der Waals surface area contributed by atoms with E-state index in [4.69, 9.17) is 0 Å². The molecule has 0 aliphatic rings. The van der Waals surface area contributed by atoms with Gasteiger partial charge in [0.05, 0.1) is 17.0 Å². The minimum atomic E-state index is -0.237. The number of carbonyl (C=O) groups excluding carboxylic acids is 1. The Kier molecular flexibility index (Phi) is 6.38. The third-order valence-electron chi connectivity index (χ3n) is 2.90. The van der Waals surface area contributed by atoms with Gasteiger partial charge in [0.15, 0.2) is 0 Å². The van der Waals surface area contributed by atoms with E-state index < -0.39 is 0 Å². The third-order valence-corrected chi connectivity index (χ3v) is 3.84. The summed E-state index contributed by atoms with van der Waals surface area (Å²) in [6.45, 7) is 3.65. The minimum Gasteiger partial charge on any atom is -0.507 e. The summed E-state index contributed by atoms with van der Waals surface area (Å²) in [5.74, 6) is 0.128. The molecular weight excluding hydrogens is 310 g/mol. The second kappa shape index (κ2) is 8.75. The smallest absolute Gasteiger partial charge is 0.250 e. The summed E-state index contributed by atoms with van der Waals surface area (Å²) in [5.41, 5.74) is 3.74. The molecule has 2 N–H and O–H groups in total. The summed E-state index contributed by atoms with van der Waals surface area (Å²) < 4.78 is 0. The van der Waals surface area contributed by atoms with Gasteiger partial charge in [-0.2, -0.15) is 5.10 Å². The maximum atomic E-state index is 11.7. The van der Waals surface area contributed by atoms with E-state index in [1.54, 1.807) is 18.3 Å². The lowest BCUT2D eigenvalue weighted by molar-refractivity contribution is -0.118. The Morgan fingerprint density at radius 2 is 2.22 bits per heavy atom. The zero-order chi connectivity index (χ0) is 16.5. The molecule has 0 atom stereocenters. The summed E-state index contributed by atoms with van der Waals surface area (Å²) >= 11 is 1.33. The first kappa shape index (κ1) is 16.8. The number of phenols is 1. The SMILES string of the molecule is C=CCc1cccc(C=NNC(=O)CSc2ccccn2)c1O. The number of aromatic hydroxyl groups is 1. The van der Waals surface area contributed by atoms with Crippen molar-refractivity contribution < 1.29 is 9.90 Å². The van der Waals surface area contributed by atoms with Crippen molar-refractivity contribution in [2.45, 2.75) is 11.4 Å². The van der Waals surface area contributed by atoms with E-state index in [0.717, 1.165) is 10.6 Å². The van der Waals surface area contributed by atoms with Crippen LogP contribution >= 0.6 is 11.8 Å². The maximum absolute atomic E-state index is 11.7. The molecule has 0 unspecified atom stereocenters. The lowest BCUT2D eigenvalue weighted by Gasteiger charge is -2.04. The van der Waals surface area contributed by atoms with Crippen LogP contribution in [0.15, 0.2) is 65.4 Å². The van der Waals surface area contributed by atoms with Crippen LogP contribution in [0.5, 0.6) is 5.75 Å². The number of para-hydroxylation sites is 1. The first-order chi connectivity index (χ1) is 11.2. The van der Waals surface area contributed by atoms with Crippen LogP contribution in [0.4, 0.5) is 0 Å².